The molecule has 1 aromatic rings. The second-order valence-corrected chi connectivity index (χ2v) is 5.11. The van der Waals surface area contributed by atoms with E-state index >= 15 is 0 Å². The lowest BCUT2D eigenvalue weighted by Gasteiger charge is -2.34. The molecule has 3 heteroatoms. The number of anilines is 1. The Bertz CT molecular complexity index is 376. The van der Waals surface area contributed by atoms with Gasteiger partial charge in [0.25, 0.3) is 0 Å². The van der Waals surface area contributed by atoms with Crippen molar-refractivity contribution in [1.29, 1.82) is 0 Å². The smallest absolute Gasteiger partial charge is 0.0489 e. The van der Waals surface area contributed by atoms with Crippen LogP contribution < -0.4 is 10.6 Å². The van der Waals surface area contributed by atoms with E-state index in [1.165, 1.54) is 11.3 Å². The molecule has 1 atom stereocenters. The van der Waals surface area contributed by atoms with Gasteiger partial charge in [0.15, 0.2) is 0 Å². The minimum absolute atomic E-state index is 0.228. The lowest BCUT2D eigenvalue weighted by molar-refractivity contribution is 0.615. The average Bonchev–Trinajstić information content (AvgIpc) is 2.16. The molecule has 1 aromatic carbocycles. The van der Waals surface area contributed by atoms with Gasteiger partial charge in [0.2, 0.25) is 0 Å². The van der Waals surface area contributed by atoms with Crippen LogP contribution in [-0.4, -0.2) is 19.1 Å². The molecule has 80 valence electrons. The van der Waals surface area contributed by atoms with Crippen LogP contribution in [0.3, 0.4) is 0 Å². The Hall–Kier alpha value is -0.800. The molecule has 2 N–H and O–H groups in total. The molecule has 2 nitrogen and oxygen atoms in total. The van der Waals surface area contributed by atoms with Crippen LogP contribution in [0, 0.1) is 0 Å². The van der Waals surface area contributed by atoms with Crippen molar-refractivity contribution in [3.05, 3.63) is 40.9 Å². The number of nitrogens with zero attached hydrogens (tertiary/aromatic N) is 1. The number of para-hydroxylation sites is 1. The maximum atomic E-state index is 6.03. The summed E-state index contributed by atoms with van der Waals surface area (Å²) in [6.45, 7) is 5.61. The highest BCUT2D eigenvalue weighted by molar-refractivity contribution is 9.11. The third-order valence-corrected chi connectivity index (χ3v) is 2.88. The van der Waals surface area contributed by atoms with Crippen molar-refractivity contribution >= 4 is 21.6 Å². The molecule has 0 saturated heterocycles. The highest BCUT2D eigenvalue weighted by atomic mass is 79.9. The highest BCUT2D eigenvalue weighted by Crippen LogP contribution is 2.27. The van der Waals surface area contributed by atoms with E-state index in [-0.39, 0.29) is 6.04 Å². The number of hydrogen-bond acceptors (Lipinski definition) is 2. The molecule has 0 fully saturated rings. The molecular weight excluding hydrogens is 252 g/mol. The van der Waals surface area contributed by atoms with Crippen LogP contribution in [0.5, 0.6) is 0 Å². The maximum Gasteiger partial charge on any atom is 0.0489 e. The first kappa shape index (κ1) is 10.7. The number of halogens is 1. The normalized spacial score (nSPS) is 19.9. The van der Waals surface area contributed by atoms with Gasteiger partial charge in [-0.15, -0.1) is 0 Å². The van der Waals surface area contributed by atoms with Gasteiger partial charge in [0.05, 0.1) is 0 Å². The molecule has 0 spiro atoms. The SMILES string of the molecule is C=C(Br)CN1CC(N)Cc2ccccc21. The zero-order valence-electron chi connectivity index (χ0n) is 8.62. The van der Waals surface area contributed by atoms with Crippen molar-refractivity contribution in [2.45, 2.75) is 12.5 Å². The first-order valence-electron chi connectivity index (χ1n) is 5.08. The zero-order valence-corrected chi connectivity index (χ0v) is 10.2. The Labute approximate surface area is 98.9 Å². The second-order valence-electron chi connectivity index (χ2n) is 3.99. The summed E-state index contributed by atoms with van der Waals surface area (Å²) in [6, 6.07) is 8.67. The third-order valence-electron chi connectivity index (χ3n) is 2.63. The molecule has 0 aliphatic carbocycles. The van der Waals surface area contributed by atoms with E-state index < -0.39 is 0 Å². The van der Waals surface area contributed by atoms with E-state index in [1.54, 1.807) is 0 Å². The van der Waals surface area contributed by atoms with E-state index in [1.807, 2.05) is 0 Å². The first-order chi connectivity index (χ1) is 7.16. The fourth-order valence-corrected chi connectivity index (χ4v) is 2.38. The summed E-state index contributed by atoms with van der Waals surface area (Å²) in [4.78, 5) is 2.28. The Kier molecular flexibility index (Phi) is 3.12. The van der Waals surface area contributed by atoms with Crippen molar-refractivity contribution in [3.8, 4) is 0 Å². The van der Waals surface area contributed by atoms with Crippen LogP contribution in [0.25, 0.3) is 0 Å². The van der Waals surface area contributed by atoms with Crippen LogP contribution in [0.15, 0.2) is 35.3 Å². The molecule has 15 heavy (non-hydrogen) atoms. The first-order valence-corrected chi connectivity index (χ1v) is 5.88. The van der Waals surface area contributed by atoms with Crippen molar-refractivity contribution in [1.82, 2.24) is 0 Å². The van der Waals surface area contributed by atoms with Crippen LogP contribution in [-0.2, 0) is 6.42 Å². The molecule has 0 saturated carbocycles. The van der Waals surface area contributed by atoms with Gasteiger partial charge < -0.3 is 10.6 Å². The molecule has 2 rings (SSSR count). The van der Waals surface area contributed by atoms with Crippen molar-refractivity contribution in [2.75, 3.05) is 18.0 Å². The Balaban J connectivity index is 2.29. The lowest BCUT2D eigenvalue weighted by atomic mass is 9.98. The number of fused-ring (bicyclic) bond motifs is 1. The Morgan fingerprint density at radius 2 is 2.27 bits per heavy atom. The van der Waals surface area contributed by atoms with E-state index in [0.717, 1.165) is 24.0 Å². The van der Waals surface area contributed by atoms with Gasteiger partial charge in [-0.3, -0.25) is 0 Å². The number of nitrogens with two attached hydrogens (primary N) is 1. The number of hydrogen-bond donors (Lipinski definition) is 1. The predicted octanol–water partition coefficient (Wildman–Crippen LogP) is 2.29. The van der Waals surface area contributed by atoms with Crippen molar-refractivity contribution in [3.63, 3.8) is 0 Å². The van der Waals surface area contributed by atoms with Gasteiger partial charge in [-0.1, -0.05) is 40.7 Å². The minimum Gasteiger partial charge on any atom is -0.365 e. The van der Waals surface area contributed by atoms with Gasteiger partial charge in [0.1, 0.15) is 0 Å². The summed E-state index contributed by atoms with van der Waals surface area (Å²) in [6.07, 6.45) is 0.974. The fourth-order valence-electron chi connectivity index (χ4n) is 2.08. The summed E-state index contributed by atoms with van der Waals surface area (Å²) in [7, 11) is 0. The van der Waals surface area contributed by atoms with Crippen LogP contribution >= 0.6 is 15.9 Å². The lowest BCUT2D eigenvalue weighted by Crippen LogP contribution is -2.43. The van der Waals surface area contributed by atoms with Crippen LogP contribution in [0.1, 0.15) is 5.56 Å². The molecular formula is C12H15BrN2. The standard InChI is InChI=1S/C12H15BrN2/c1-9(13)7-15-8-11(14)6-10-4-2-3-5-12(10)15/h2-5,11H,1,6-8,14H2. The second kappa shape index (κ2) is 4.37. The van der Waals surface area contributed by atoms with E-state index in [2.05, 4.69) is 51.7 Å². The van der Waals surface area contributed by atoms with Gasteiger partial charge in [-0.2, -0.15) is 0 Å². The van der Waals surface area contributed by atoms with Crippen molar-refractivity contribution < 1.29 is 0 Å². The maximum absolute atomic E-state index is 6.03. The zero-order chi connectivity index (χ0) is 10.8. The summed E-state index contributed by atoms with van der Waals surface area (Å²) >= 11 is 3.40. The molecule has 0 aromatic heterocycles. The molecule has 1 aliphatic heterocycles. The molecule has 0 bridgehead atoms. The molecule has 0 amide bonds. The summed E-state index contributed by atoms with van der Waals surface area (Å²) < 4.78 is 0.992. The quantitative estimate of drug-likeness (QED) is 0.890. The minimum atomic E-state index is 0.228. The predicted molar refractivity (Wildman–Crippen MR) is 68.4 cm³/mol. The largest absolute Gasteiger partial charge is 0.365 e. The third kappa shape index (κ3) is 2.41. The fraction of sp³-hybridized carbons (Fsp3) is 0.333. The Morgan fingerprint density at radius 3 is 3.00 bits per heavy atom. The summed E-state index contributed by atoms with van der Waals surface area (Å²) in [5, 5.41) is 0. The van der Waals surface area contributed by atoms with Crippen molar-refractivity contribution in [2.24, 2.45) is 5.73 Å². The molecule has 0 radical (unpaired) electrons. The van der Waals surface area contributed by atoms with E-state index in [0.29, 0.717) is 0 Å². The van der Waals surface area contributed by atoms with Crippen LogP contribution in [0.2, 0.25) is 0 Å². The van der Waals surface area contributed by atoms with Crippen LogP contribution in [0.4, 0.5) is 5.69 Å². The van der Waals surface area contributed by atoms with Gasteiger partial charge >= 0.3 is 0 Å². The van der Waals surface area contributed by atoms with Gasteiger partial charge in [-0.05, 0) is 18.1 Å². The van der Waals surface area contributed by atoms with E-state index in [4.69, 9.17) is 5.73 Å². The summed E-state index contributed by atoms with van der Waals surface area (Å²) in [5.74, 6) is 0. The number of benzene rings is 1. The monoisotopic (exact) mass is 266 g/mol. The summed E-state index contributed by atoms with van der Waals surface area (Å²) in [5.41, 5.74) is 8.66. The topological polar surface area (TPSA) is 29.3 Å². The Morgan fingerprint density at radius 1 is 1.53 bits per heavy atom. The van der Waals surface area contributed by atoms with Gasteiger partial charge in [0, 0.05) is 29.3 Å². The highest BCUT2D eigenvalue weighted by Gasteiger charge is 2.21. The number of rotatable bonds is 2. The molecule has 1 unspecified atom stereocenters. The van der Waals surface area contributed by atoms with Gasteiger partial charge in [-0.25, -0.2) is 0 Å². The molecule has 1 aliphatic rings. The average molecular weight is 267 g/mol. The van der Waals surface area contributed by atoms with E-state index in [9.17, 15) is 0 Å². The molecule has 1 heterocycles.